The normalized spacial score (nSPS) is 17.1. The van der Waals surface area contributed by atoms with Crippen molar-refractivity contribution in [2.24, 2.45) is 0 Å². The third-order valence-corrected chi connectivity index (χ3v) is 3.21. The molecule has 2 bridgehead atoms. The van der Waals surface area contributed by atoms with E-state index in [0.29, 0.717) is 0 Å². The van der Waals surface area contributed by atoms with Gasteiger partial charge in [0.1, 0.15) is 0 Å². The Morgan fingerprint density at radius 1 is 1.00 bits per heavy atom. The molecule has 1 aromatic heterocycles. The number of hydrogen-bond acceptors (Lipinski definition) is 0. The summed E-state index contributed by atoms with van der Waals surface area (Å²) in [6.07, 6.45) is 5.61. The van der Waals surface area contributed by atoms with Crippen molar-refractivity contribution in [3.05, 3.63) is 47.0 Å². The lowest BCUT2D eigenvalue weighted by atomic mass is 10.1. The van der Waals surface area contributed by atoms with Crippen molar-refractivity contribution < 1.29 is 0 Å². The van der Waals surface area contributed by atoms with Gasteiger partial charge in [0, 0.05) is 22.5 Å². The van der Waals surface area contributed by atoms with Crippen LogP contribution >= 0.6 is 0 Å². The van der Waals surface area contributed by atoms with Crippen LogP contribution in [0, 0.1) is 0 Å². The number of rotatable bonds is 0. The van der Waals surface area contributed by atoms with E-state index in [0.717, 1.165) is 6.42 Å². The molecule has 0 amide bonds. The SMILES string of the molecule is C1=CC2=c3c([nH]c4ccccc34)=C1C2. The van der Waals surface area contributed by atoms with Crippen LogP contribution in [0.2, 0.25) is 0 Å². The number of allylic oxidation sites excluding steroid dienone is 2. The number of nitrogens with one attached hydrogen (secondary N) is 1. The molecule has 0 spiro atoms. The number of benzene rings is 1. The molecule has 1 aromatic carbocycles. The number of hydrogen-bond donors (Lipinski definition) is 1. The van der Waals surface area contributed by atoms with Crippen LogP contribution in [0.1, 0.15) is 6.42 Å². The number of aromatic amines is 1. The van der Waals surface area contributed by atoms with Crippen LogP contribution in [-0.4, -0.2) is 4.98 Å². The van der Waals surface area contributed by atoms with Crippen LogP contribution in [0.15, 0.2) is 36.4 Å². The van der Waals surface area contributed by atoms with Gasteiger partial charge in [0.15, 0.2) is 0 Å². The highest BCUT2D eigenvalue weighted by Gasteiger charge is 2.18. The first-order valence-electron chi connectivity index (χ1n) is 4.95. The van der Waals surface area contributed by atoms with Crippen molar-refractivity contribution in [3.63, 3.8) is 0 Å². The third-order valence-electron chi connectivity index (χ3n) is 3.21. The van der Waals surface area contributed by atoms with Gasteiger partial charge in [0.2, 0.25) is 0 Å². The first-order valence-corrected chi connectivity index (χ1v) is 4.95. The van der Waals surface area contributed by atoms with Gasteiger partial charge in [-0.2, -0.15) is 0 Å². The summed E-state index contributed by atoms with van der Waals surface area (Å²) >= 11 is 0. The van der Waals surface area contributed by atoms with E-state index in [2.05, 4.69) is 41.4 Å². The number of fused-ring (bicyclic) bond motifs is 5. The molecule has 4 rings (SSSR count). The molecule has 0 atom stereocenters. The van der Waals surface area contributed by atoms with Crippen molar-refractivity contribution in [1.82, 2.24) is 4.98 Å². The minimum atomic E-state index is 1.13. The molecule has 0 radical (unpaired) electrons. The Hall–Kier alpha value is -1.76. The monoisotopic (exact) mass is 179 g/mol. The molecular weight excluding hydrogens is 170 g/mol. The summed E-state index contributed by atoms with van der Waals surface area (Å²) in [6.45, 7) is 0. The first-order chi connectivity index (χ1) is 6.93. The predicted octanol–water partition coefficient (Wildman–Crippen LogP) is 1.44. The molecule has 2 aliphatic rings. The van der Waals surface area contributed by atoms with Gasteiger partial charge in [-0.1, -0.05) is 30.4 Å². The molecule has 2 aliphatic carbocycles. The Balaban J connectivity index is 2.45. The van der Waals surface area contributed by atoms with Crippen LogP contribution < -0.4 is 10.6 Å². The fourth-order valence-electron chi connectivity index (χ4n) is 2.58. The molecule has 0 saturated heterocycles. The van der Waals surface area contributed by atoms with Crippen molar-refractivity contribution in [2.45, 2.75) is 6.42 Å². The zero-order chi connectivity index (χ0) is 9.12. The van der Waals surface area contributed by atoms with Crippen molar-refractivity contribution in [2.75, 3.05) is 0 Å². The number of para-hydroxylation sites is 1. The molecular formula is C13H9N. The van der Waals surface area contributed by atoms with Gasteiger partial charge >= 0.3 is 0 Å². The summed E-state index contributed by atoms with van der Waals surface area (Å²) in [5.74, 6) is 0. The third kappa shape index (κ3) is 0.598. The Morgan fingerprint density at radius 3 is 2.86 bits per heavy atom. The fraction of sp³-hybridized carbons (Fsp3) is 0.0769. The minimum Gasteiger partial charge on any atom is -0.354 e. The van der Waals surface area contributed by atoms with Crippen LogP contribution in [0.3, 0.4) is 0 Å². The highest BCUT2D eigenvalue weighted by atomic mass is 14.7. The smallest absolute Gasteiger partial charge is 0.0503 e. The molecule has 1 heterocycles. The van der Waals surface area contributed by atoms with E-state index >= 15 is 0 Å². The maximum atomic E-state index is 3.50. The Bertz CT molecular complexity index is 698. The lowest BCUT2D eigenvalue weighted by molar-refractivity contribution is 1.34. The average molecular weight is 179 g/mol. The Kier molecular flexibility index (Phi) is 0.954. The van der Waals surface area contributed by atoms with Crippen molar-refractivity contribution >= 4 is 22.0 Å². The van der Waals surface area contributed by atoms with Crippen LogP contribution in [-0.2, 0) is 0 Å². The summed E-state index contributed by atoms with van der Waals surface area (Å²) in [7, 11) is 0. The van der Waals surface area contributed by atoms with E-state index in [4.69, 9.17) is 0 Å². The standard InChI is InChI=1S/C13H9N/c1-2-4-11-10(3-1)12-8-5-6-9(7-8)13(12)14-11/h1-6,14H,7H2. The van der Waals surface area contributed by atoms with Gasteiger partial charge in [-0.3, -0.25) is 0 Å². The molecule has 1 nitrogen and oxygen atoms in total. The molecule has 0 unspecified atom stereocenters. The Labute approximate surface area is 81.1 Å². The second-order valence-corrected chi connectivity index (χ2v) is 3.98. The zero-order valence-electron chi connectivity index (χ0n) is 7.67. The molecule has 2 aromatic rings. The van der Waals surface area contributed by atoms with Crippen LogP contribution in [0.25, 0.3) is 22.0 Å². The summed E-state index contributed by atoms with van der Waals surface area (Å²) in [5, 5.41) is 4.17. The molecule has 1 N–H and O–H groups in total. The van der Waals surface area contributed by atoms with Crippen LogP contribution in [0.4, 0.5) is 0 Å². The number of aromatic nitrogens is 1. The van der Waals surface area contributed by atoms with E-state index in [-0.39, 0.29) is 0 Å². The van der Waals surface area contributed by atoms with Crippen LogP contribution in [0.5, 0.6) is 0 Å². The predicted molar refractivity (Wildman–Crippen MR) is 58.1 cm³/mol. The lowest BCUT2D eigenvalue weighted by Gasteiger charge is -1.89. The van der Waals surface area contributed by atoms with Gasteiger partial charge in [-0.05, 0) is 17.2 Å². The Morgan fingerprint density at radius 2 is 1.86 bits per heavy atom. The summed E-state index contributed by atoms with van der Waals surface area (Å²) in [4.78, 5) is 3.50. The summed E-state index contributed by atoms with van der Waals surface area (Å²) < 4.78 is 0. The van der Waals surface area contributed by atoms with Gasteiger partial charge in [0.05, 0.1) is 5.35 Å². The second-order valence-electron chi connectivity index (χ2n) is 3.98. The van der Waals surface area contributed by atoms with Crippen molar-refractivity contribution in [3.8, 4) is 0 Å². The molecule has 66 valence electrons. The van der Waals surface area contributed by atoms with Gasteiger partial charge in [-0.15, -0.1) is 0 Å². The highest BCUT2D eigenvalue weighted by Crippen LogP contribution is 2.25. The molecule has 0 fully saturated rings. The molecule has 14 heavy (non-hydrogen) atoms. The first kappa shape index (κ1) is 6.66. The topological polar surface area (TPSA) is 15.8 Å². The quantitative estimate of drug-likeness (QED) is 0.630. The lowest BCUT2D eigenvalue weighted by Crippen LogP contribution is -2.23. The fourth-order valence-corrected chi connectivity index (χ4v) is 2.58. The van der Waals surface area contributed by atoms with E-state index in [1.165, 1.54) is 32.6 Å². The largest absolute Gasteiger partial charge is 0.354 e. The van der Waals surface area contributed by atoms with E-state index in [1.807, 2.05) is 0 Å². The minimum absolute atomic E-state index is 1.13. The van der Waals surface area contributed by atoms with Crippen molar-refractivity contribution in [1.29, 1.82) is 0 Å². The summed E-state index contributed by atoms with van der Waals surface area (Å²) in [5.41, 5.74) is 4.19. The number of H-pyrrole nitrogens is 1. The van der Waals surface area contributed by atoms with E-state index in [9.17, 15) is 0 Å². The summed E-state index contributed by atoms with van der Waals surface area (Å²) in [6, 6.07) is 8.54. The molecule has 0 aliphatic heterocycles. The zero-order valence-corrected chi connectivity index (χ0v) is 7.67. The maximum absolute atomic E-state index is 3.50. The average Bonchev–Trinajstić information content (AvgIpc) is 2.88. The van der Waals surface area contributed by atoms with Gasteiger partial charge in [0.25, 0.3) is 0 Å². The maximum Gasteiger partial charge on any atom is 0.0503 e. The van der Waals surface area contributed by atoms with E-state index in [1.54, 1.807) is 0 Å². The van der Waals surface area contributed by atoms with E-state index < -0.39 is 0 Å². The van der Waals surface area contributed by atoms with Gasteiger partial charge < -0.3 is 4.98 Å². The highest BCUT2D eigenvalue weighted by molar-refractivity contribution is 5.93. The van der Waals surface area contributed by atoms with Gasteiger partial charge in [-0.25, -0.2) is 0 Å². The molecule has 1 heteroatoms. The second kappa shape index (κ2) is 2.01. The molecule has 0 saturated carbocycles.